The number of carbonyl (C=O) groups excluding carboxylic acids is 2. The molecule has 0 radical (unpaired) electrons. The molecule has 1 N–H and O–H groups in total. The average molecular weight is 356 g/mol. The second kappa shape index (κ2) is 9.80. The first-order valence-electron chi connectivity index (χ1n) is 9.18. The largest absolute Gasteiger partial charge is 0.466 e. The molecule has 5 nitrogen and oxygen atoms in total. The first-order chi connectivity index (χ1) is 12.5. The predicted octanol–water partition coefficient (Wildman–Crippen LogP) is 3.85. The normalized spacial score (nSPS) is 10.6. The van der Waals surface area contributed by atoms with Gasteiger partial charge >= 0.3 is 0 Å². The Hall–Kier alpha value is -2.56. The second-order valence-electron chi connectivity index (χ2n) is 6.48. The lowest BCUT2D eigenvalue weighted by Gasteiger charge is -2.22. The van der Waals surface area contributed by atoms with Crippen LogP contribution < -0.4 is 5.32 Å². The van der Waals surface area contributed by atoms with Crippen LogP contribution in [0.4, 0.5) is 0 Å². The SMILES string of the molecule is CCCCN(CCC(=O)NCc1ccccc1)C(=O)c1cc(C)oc1C. The third kappa shape index (κ3) is 5.76. The fourth-order valence-corrected chi connectivity index (χ4v) is 2.80. The standard InChI is InChI=1S/C21H28N2O3/c1-4-5-12-23(21(25)19-14-16(2)26-17(19)3)13-11-20(24)22-15-18-9-7-6-8-10-18/h6-10,14H,4-5,11-13,15H2,1-3H3,(H,22,24). The summed E-state index contributed by atoms with van der Waals surface area (Å²) in [4.78, 5) is 26.7. The molecule has 0 saturated carbocycles. The average Bonchev–Trinajstić information content (AvgIpc) is 2.98. The molecule has 2 aromatic rings. The first-order valence-corrected chi connectivity index (χ1v) is 9.18. The van der Waals surface area contributed by atoms with Crippen LogP contribution in [0.25, 0.3) is 0 Å². The number of benzene rings is 1. The van der Waals surface area contributed by atoms with E-state index in [2.05, 4.69) is 12.2 Å². The van der Waals surface area contributed by atoms with Crippen LogP contribution in [0, 0.1) is 13.8 Å². The number of aryl methyl sites for hydroxylation is 2. The number of furan rings is 1. The van der Waals surface area contributed by atoms with Crippen LogP contribution in [0.1, 0.15) is 53.6 Å². The summed E-state index contributed by atoms with van der Waals surface area (Å²) in [7, 11) is 0. The predicted molar refractivity (Wildman–Crippen MR) is 102 cm³/mol. The minimum atomic E-state index is -0.0661. The zero-order valence-corrected chi connectivity index (χ0v) is 15.9. The fraction of sp³-hybridized carbons (Fsp3) is 0.429. The Morgan fingerprint density at radius 2 is 1.85 bits per heavy atom. The Labute approximate surface area is 155 Å². The highest BCUT2D eigenvalue weighted by Crippen LogP contribution is 2.16. The van der Waals surface area contributed by atoms with Crippen molar-refractivity contribution in [3.05, 3.63) is 59.0 Å². The highest BCUT2D eigenvalue weighted by Gasteiger charge is 2.20. The number of nitrogens with one attached hydrogen (secondary N) is 1. The molecular weight excluding hydrogens is 328 g/mol. The molecule has 1 heterocycles. The van der Waals surface area contributed by atoms with Crippen LogP contribution in [-0.4, -0.2) is 29.8 Å². The summed E-state index contributed by atoms with van der Waals surface area (Å²) in [6.07, 6.45) is 2.19. The lowest BCUT2D eigenvalue weighted by atomic mass is 10.2. The van der Waals surface area contributed by atoms with E-state index in [0.717, 1.165) is 24.2 Å². The molecule has 5 heteroatoms. The van der Waals surface area contributed by atoms with Crippen molar-refractivity contribution in [2.75, 3.05) is 13.1 Å². The summed E-state index contributed by atoms with van der Waals surface area (Å²) >= 11 is 0. The summed E-state index contributed by atoms with van der Waals surface area (Å²) in [6, 6.07) is 11.6. The van der Waals surface area contributed by atoms with E-state index in [4.69, 9.17) is 4.42 Å². The quantitative estimate of drug-likeness (QED) is 0.742. The molecule has 0 saturated heterocycles. The summed E-state index contributed by atoms with van der Waals surface area (Å²) in [6.45, 7) is 7.27. The van der Waals surface area contributed by atoms with Crippen molar-refractivity contribution in [3.63, 3.8) is 0 Å². The Bertz CT molecular complexity index is 722. The lowest BCUT2D eigenvalue weighted by molar-refractivity contribution is -0.121. The van der Waals surface area contributed by atoms with Gasteiger partial charge in [0.15, 0.2) is 0 Å². The minimum Gasteiger partial charge on any atom is -0.466 e. The summed E-state index contributed by atoms with van der Waals surface area (Å²) < 4.78 is 5.48. The van der Waals surface area contributed by atoms with Crippen molar-refractivity contribution in [1.29, 1.82) is 0 Å². The Morgan fingerprint density at radius 1 is 1.12 bits per heavy atom. The molecule has 0 aliphatic carbocycles. The minimum absolute atomic E-state index is 0.0525. The van der Waals surface area contributed by atoms with Crippen molar-refractivity contribution >= 4 is 11.8 Å². The fourth-order valence-electron chi connectivity index (χ4n) is 2.80. The molecule has 0 unspecified atom stereocenters. The third-order valence-corrected chi connectivity index (χ3v) is 4.28. The first kappa shape index (κ1) is 19.8. The molecule has 1 aromatic carbocycles. The number of nitrogens with zero attached hydrogens (tertiary/aromatic N) is 1. The maximum absolute atomic E-state index is 12.8. The third-order valence-electron chi connectivity index (χ3n) is 4.28. The molecule has 140 valence electrons. The number of amides is 2. The summed E-state index contributed by atoms with van der Waals surface area (Å²) in [5.41, 5.74) is 1.65. The van der Waals surface area contributed by atoms with Gasteiger partial charge in [-0.25, -0.2) is 0 Å². The second-order valence-corrected chi connectivity index (χ2v) is 6.48. The van der Waals surface area contributed by atoms with Crippen LogP contribution in [-0.2, 0) is 11.3 Å². The molecule has 1 aromatic heterocycles. The Morgan fingerprint density at radius 3 is 2.46 bits per heavy atom. The number of rotatable bonds is 9. The molecule has 0 fully saturated rings. The Balaban J connectivity index is 1.91. The van der Waals surface area contributed by atoms with Crippen LogP contribution in [0.3, 0.4) is 0 Å². The van der Waals surface area contributed by atoms with Crippen LogP contribution in [0.5, 0.6) is 0 Å². The van der Waals surface area contributed by atoms with Crippen molar-refractivity contribution in [2.24, 2.45) is 0 Å². The van der Waals surface area contributed by atoms with E-state index in [1.54, 1.807) is 17.9 Å². The van der Waals surface area contributed by atoms with Crippen molar-refractivity contribution in [2.45, 2.75) is 46.6 Å². The van der Waals surface area contributed by atoms with Gasteiger partial charge in [0.1, 0.15) is 11.5 Å². The smallest absolute Gasteiger partial charge is 0.257 e. The van der Waals surface area contributed by atoms with Crippen molar-refractivity contribution < 1.29 is 14.0 Å². The maximum atomic E-state index is 12.8. The van der Waals surface area contributed by atoms with Gasteiger partial charge in [0, 0.05) is 26.1 Å². The van der Waals surface area contributed by atoms with Crippen LogP contribution in [0.15, 0.2) is 40.8 Å². The van der Waals surface area contributed by atoms with E-state index in [1.807, 2.05) is 37.3 Å². The molecule has 0 aliphatic rings. The molecule has 2 rings (SSSR count). The number of unbranched alkanes of at least 4 members (excludes halogenated alkanes) is 1. The molecule has 2 amide bonds. The monoisotopic (exact) mass is 356 g/mol. The number of hydrogen-bond donors (Lipinski definition) is 1. The van der Waals surface area contributed by atoms with Gasteiger partial charge in [-0.05, 0) is 31.9 Å². The number of hydrogen-bond acceptors (Lipinski definition) is 3. The zero-order chi connectivity index (χ0) is 18.9. The topological polar surface area (TPSA) is 62.6 Å². The molecule has 0 aliphatic heterocycles. The molecule has 0 bridgehead atoms. The zero-order valence-electron chi connectivity index (χ0n) is 15.9. The van der Waals surface area contributed by atoms with Gasteiger partial charge in [-0.15, -0.1) is 0 Å². The summed E-state index contributed by atoms with van der Waals surface area (Å²) in [5.74, 6) is 1.23. The van der Waals surface area contributed by atoms with E-state index in [9.17, 15) is 9.59 Å². The van der Waals surface area contributed by atoms with E-state index in [1.165, 1.54) is 0 Å². The Kier molecular flexibility index (Phi) is 7.45. The van der Waals surface area contributed by atoms with E-state index in [0.29, 0.717) is 31.0 Å². The van der Waals surface area contributed by atoms with E-state index in [-0.39, 0.29) is 18.2 Å². The number of carbonyl (C=O) groups is 2. The highest BCUT2D eigenvalue weighted by atomic mass is 16.3. The van der Waals surface area contributed by atoms with Crippen LogP contribution in [0.2, 0.25) is 0 Å². The van der Waals surface area contributed by atoms with Gasteiger partial charge in [0.2, 0.25) is 5.91 Å². The van der Waals surface area contributed by atoms with Gasteiger partial charge in [-0.2, -0.15) is 0 Å². The van der Waals surface area contributed by atoms with Crippen molar-refractivity contribution in [1.82, 2.24) is 10.2 Å². The van der Waals surface area contributed by atoms with Crippen LogP contribution >= 0.6 is 0 Å². The molecular formula is C21H28N2O3. The lowest BCUT2D eigenvalue weighted by Crippen LogP contribution is -2.36. The van der Waals surface area contributed by atoms with Gasteiger partial charge in [0.05, 0.1) is 5.56 Å². The van der Waals surface area contributed by atoms with E-state index >= 15 is 0 Å². The van der Waals surface area contributed by atoms with Gasteiger partial charge in [-0.1, -0.05) is 43.7 Å². The van der Waals surface area contributed by atoms with Crippen molar-refractivity contribution in [3.8, 4) is 0 Å². The van der Waals surface area contributed by atoms with E-state index < -0.39 is 0 Å². The molecule has 0 spiro atoms. The molecule has 26 heavy (non-hydrogen) atoms. The maximum Gasteiger partial charge on any atom is 0.257 e. The molecule has 0 atom stereocenters. The van der Waals surface area contributed by atoms with Gasteiger partial charge < -0.3 is 14.6 Å². The summed E-state index contributed by atoms with van der Waals surface area (Å²) in [5, 5.41) is 2.91. The van der Waals surface area contributed by atoms with Gasteiger partial charge in [0.25, 0.3) is 5.91 Å². The highest BCUT2D eigenvalue weighted by molar-refractivity contribution is 5.95. The van der Waals surface area contributed by atoms with Gasteiger partial charge in [-0.3, -0.25) is 9.59 Å².